The molecular formula is C17H28N2O3S. The Balaban J connectivity index is 2.71. The number of amides is 1. The van der Waals surface area contributed by atoms with Crippen molar-refractivity contribution in [3.63, 3.8) is 0 Å². The van der Waals surface area contributed by atoms with Crippen LogP contribution in [0.3, 0.4) is 0 Å². The van der Waals surface area contributed by atoms with Crippen LogP contribution < -0.4 is 5.32 Å². The van der Waals surface area contributed by atoms with Crippen LogP contribution in [0.1, 0.15) is 51.6 Å². The second-order valence-corrected chi connectivity index (χ2v) is 8.40. The van der Waals surface area contributed by atoms with E-state index in [0.717, 1.165) is 18.4 Å². The summed E-state index contributed by atoms with van der Waals surface area (Å²) in [5, 5.41) is 2.97. The van der Waals surface area contributed by atoms with Gasteiger partial charge in [-0.15, -0.1) is 0 Å². The molecule has 0 aliphatic heterocycles. The highest BCUT2D eigenvalue weighted by atomic mass is 32.2. The Morgan fingerprint density at radius 2 is 1.74 bits per heavy atom. The first-order valence-corrected chi connectivity index (χ1v) is 9.44. The van der Waals surface area contributed by atoms with E-state index in [2.05, 4.69) is 19.2 Å². The fraction of sp³-hybridized carbons (Fsp3) is 0.588. The minimum Gasteiger partial charge on any atom is -0.350 e. The van der Waals surface area contributed by atoms with Gasteiger partial charge in [-0.1, -0.05) is 38.8 Å². The Kier molecular flexibility index (Phi) is 7.22. The molecule has 0 aliphatic carbocycles. The molecule has 5 nitrogen and oxygen atoms in total. The monoisotopic (exact) mass is 340 g/mol. The third kappa shape index (κ3) is 5.62. The Hall–Kier alpha value is -1.40. The van der Waals surface area contributed by atoms with Crippen LogP contribution in [0.5, 0.6) is 0 Å². The van der Waals surface area contributed by atoms with Crippen molar-refractivity contribution in [3.05, 3.63) is 29.8 Å². The lowest BCUT2D eigenvalue weighted by Crippen LogP contribution is -2.28. The lowest BCUT2D eigenvalue weighted by atomic mass is 10.0. The van der Waals surface area contributed by atoms with E-state index < -0.39 is 10.0 Å². The summed E-state index contributed by atoms with van der Waals surface area (Å²) in [4.78, 5) is 12.3. The van der Waals surface area contributed by atoms with Gasteiger partial charge in [-0.2, -0.15) is 0 Å². The fourth-order valence-electron chi connectivity index (χ4n) is 2.43. The van der Waals surface area contributed by atoms with Gasteiger partial charge in [0, 0.05) is 20.5 Å². The standard InChI is InChI=1S/C17H28N2O3S/c1-6-7-13(2)12-17(20)18-14(3)15-8-10-16(11-9-15)23(21,22)19(4)5/h8-11,13-14H,6-7,12H2,1-5H3,(H,18,20)/t13-,14+/m0/s1. The Morgan fingerprint density at radius 3 is 2.22 bits per heavy atom. The number of nitrogens with one attached hydrogen (secondary N) is 1. The Labute approximate surface area is 140 Å². The molecule has 0 spiro atoms. The first kappa shape index (κ1) is 19.6. The molecule has 2 atom stereocenters. The quantitative estimate of drug-likeness (QED) is 0.791. The fourth-order valence-corrected chi connectivity index (χ4v) is 3.34. The third-order valence-corrected chi connectivity index (χ3v) is 5.68. The van der Waals surface area contributed by atoms with E-state index in [1.807, 2.05) is 6.92 Å². The van der Waals surface area contributed by atoms with Crippen LogP contribution in [0.4, 0.5) is 0 Å². The number of hydrogen-bond acceptors (Lipinski definition) is 3. The third-order valence-electron chi connectivity index (χ3n) is 3.85. The first-order chi connectivity index (χ1) is 10.7. The summed E-state index contributed by atoms with van der Waals surface area (Å²) in [7, 11) is -0.412. The molecule has 0 fully saturated rings. The van der Waals surface area contributed by atoms with Gasteiger partial charge >= 0.3 is 0 Å². The predicted octanol–water partition coefficient (Wildman–Crippen LogP) is 2.94. The lowest BCUT2D eigenvalue weighted by Gasteiger charge is -2.17. The van der Waals surface area contributed by atoms with Gasteiger partial charge in [0.1, 0.15) is 0 Å². The highest BCUT2D eigenvalue weighted by Gasteiger charge is 2.18. The van der Waals surface area contributed by atoms with Crippen molar-refractivity contribution < 1.29 is 13.2 Å². The number of carbonyl (C=O) groups is 1. The van der Waals surface area contributed by atoms with Crippen LogP contribution in [0, 0.1) is 5.92 Å². The molecular weight excluding hydrogens is 312 g/mol. The summed E-state index contributed by atoms with van der Waals surface area (Å²) in [6.07, 6.45) is 2.63. The molecule has 0 bridgehead atoms. The van der Waals surface area contributed by atoms with Crippen LogP contribution in [-0.2, 0) is 14.8 Å². The van der Waals surface area contributed by atoms with Gasteiger partial charge in [0.2, 0.25) is 15.9 Å². The molecule has 0 heterocycles. The van der Waals surface area contributed by atoms with E-state index in [-0.39, 0.29) is 16.8 Å². The number of sulfonamides is 1. The van der Waals surface area contributed by atoms with Crippen LogP contribution in [-0.4, -0.2) is 32.7 Å². The molecule has 1 aromatic rings. The van der Waals surface area contributed by atoms with Crippen LogP contribution in [0.15, 0.2) is 29.2 Å². The minimum absolute atomic E-state index is 0.0310. The zero-order chi connectivity index (χ0) is 17.6. The average Bonchev–Trinajstić information content (AvgIpc) is 2.47. The van der Waals surface area contributed by atoms with Gasteiger partial charge in [-0.05, 0) is 30.5 Å². The van der Waals surface area contributed by atoms with E-state index in [1.54, 1.807) is 24.3 Å². The van der Waals surface area contributed by atoms with Crippen LogP contribution in [0.25, 0.3) is 0 Å². The van der Waals surface area contributed by atoms with E-state index in [1.165, 1.54) is 18.4 Å². The molecule has 130 valence electrons. The Morgan fingerprint density at radius 1 is 1.17 bits per heavy atom. The van der Waals surface area contributed by atoms with Crippen LogP contribution in [0.2, 0.25) is 0 Å². The molecule has 6 heteroatoms. The highest BCUT2D eigenvalue weighted by Crippen LogP contribution is 2.19. The molecule has 0 aliphatic rings. The summed E-state index contributed by atoms with van der Waals surface area (Å²) in [5.41, 5.74) is 0.888. The van der Waals surface area contributed by atoms with E-state index >= 15 is 0 Å². The maximum atomic E-state index is 12.0. The second kappa shape index (κ2) is 8.45. The number of carbonyl (C=O) groups excluding carboxylic acids is 1. The maximum absolute atomic E-state index is 12.0. The van der Waals surface area contributed by atoms with E-state index in [9.17, 15) is 13.2 Å². The molecule has 1 N–H and O–H groups in total. The minimum atomic E-state index is -3.42. The van der Waals surface area contributed by atoms with Crippen molar-refractivity contribution in [3.8, 4) is 0 Å². The molecule has 1 aromatic carbocycles. The first-order valence-electron chi connectivity index (χ1n) is 8.00. The molecule has 1 rings (SSSR count). The molecule has 0 unspecified atom stereocenters. The van der Waals surface area contributed by atoms with Crippen LogP contribution >= 0.6 is 0 Å². The van der Waals surface area contributed by atoms with Crippen molar-refractivity contribution >= 4 is 15.9 Å². The maximum Gasteiger partial charge on any atom is 0.242 e. The van der Waals surface area contributed by atoms with Crippen molar-refractivity contribution in [1.29, 1.82) is 0 Å². The van der Waals surface area contributed by atoms with Gasteiger partial charge in [-0.25, -0.2) is 12.7 Å². The smallest absolute Gasteiger partial charge is 0.242 e. The zero-order valence-corrected chi connectivity index (χ0v) is 15.5. The summed E-state index contributed by atoms with van der Waals surface area (Å²) in [6, 6.07) is 6.50. The average molecular weight is 340 g/mol. The number of rotatable bonds is 8. The molecule has 0 saturated heterocycles. The van der Waals surface area contributed by atoms with Gasteiger partial charge in [-0.3, -0.25) is 4.79 Å². The summed E-state index contributed by atoms with van der Waals surface area (Å²) in [5.74, 6) is 0.406. The number of benzene rings is 1. The van der Waals surface area contributed by atoms with E-state index in [4.69, 9.17) is 0 Å². The largest absolute Gasteiger partial charge is 0.350 e. The molecule has 1 amide bonds. The number of hydrogen-bond donors (Lipinski definition) is 1. The molecule has 0 aromatic heterocycles. The highest BCUT2D eigenvalue weighted by molar-refractivity contribution is 7.89. The second-order valence-electron chi connectivity index (χ2n) is 6.24. The predicted molar refractivity (Wildman–Crippen MR) is 92.6 cm³/mol. The van der Waals surface area contributed by atoms with E-state index in [0.29, 0.717) is 12.3 Å². The van der Waals surface area contributed by atoms with Crippen molar-refractivity contribution in [2.75, 3.05) is 14.1 Å². The molecule has 0 radical (unpaired) electrons. The zero-order valence-electron chi connectivity index (χ0n) is 14.7. The topological polar surface area (TPSA) is 66.5 Å². The normalized spacial score (nSPS) is 14.5. The molecule has 23 heavy (non-hydrogen) atoms. The summed E-state index contributed by atoms with van der Waals surface area (Å²) < 4.78 is 25.2. The van der Waals surface area contributed by atoms with Gasteiger partial charge in [0.25, 0.3) is 0 Å². The van der Waals surface area contributed by atoms with Crippen molar-refractivity contribution in [2.24, 2.45) is 5.92 Å². The summed E-state index contributed by atoms with van der Waals surface area (Å²) >= 11 is 0. The van der Waals surface area contributed by atoms with Gasteiger partial charge in [0.15, 0.2) is 0 Å². The van der Waals surface area contributed by atoms with Gasteiger partial charge in [0.05, 0.1) is 10.9 Å². The van der Waals surface area contributed by atoms with Crippen molar-refractivity contribution in [2.45, 2.75) is 51.0 Å². The van der Waals surface area contributed by atoms with Gasteiger partial charge < -0.3 is 5.32 Å². The number of nitrogens with zero attached hydrogens (tertiary/aromatic N) is 1. The lowest BCUT2D eigenvalue weighted by molar-refractivity contribution is -0.122. The SMILES string of the molecule is CCC[C@H](C)CC(=O)N[C@H](C)c1ccc(S(=O)(=O)N(C)C)cc1. The van der Waals surface area contributed by atoms with Crippen molar-refractivity contribution in [1.82, 2.24) is 9.62 Å². The Bertz CT molecular complexity index is 609. The molecule has 0 saturated carbocycles. The summed E-state index contributed by atoms with van der Waals surface area (Å²) in [6.45, 7) is 6.09.